The van der Waals surface area contributed by atoms with E-state index in [0.29, 0.717) is 12.3 Å². The first-order valence-corrected chi connectivity index (χ1v) is 10.8. The van der Waals surface area contributed by atoms with Gasteiger partial charge in [-0.3, -0.25) is 0 Å². The minimum absolute atomic E-state index is 0.0275. The first kappa shape index (κ1) is 21.3. The molecule has 1 N–H and O–H groups in total. The second-order valence-electron chi connectivity index (χ2n) is 7.33. The van der Waals surface area contributed by atoms with Crippen molar-refractivity contribution in [3.8, 4) is 17.2 Å². The highest BCUT2D eigenvalue weighted by Crippen LogP contribution is 2.47. The smallest absolute Gasteiger partial charge is 0.160 e. The van der Waals surface area contributed by atoms with E-state index >= 15 is 0 Å². The van der Waals surface area contributed by atoms with E-state index in [-0.39, 0.29) is 11.0 Å². The Morgan fingerprint density at radius 2 is 1.84 bits per heavy atom. The van der Waals surface area contributed by atoms with Crippen molar-refractivity contribution in [2.75, 3.05) is 25.7 Å². The first-order chi connectivity index (χ1) is 15.0. The minimum atomic E-state index is -0.840. The molecule has 3 aromatic rings. The molecular weight excluding hydrogens is 420 g/mol. The van der Waals surface area contributed by atoms with Crippen LogP contribution in [0.3, 0.4) is 0 Å². The van der Waals surface area contributed by atoms with E-state index in [0.717, 1.165) is 40.4 Å². The van der Waals surface area contributed by atoms with Crippen LogP contribution in [0.15, 0.2) is 59.5 Å². The summed E-state index contributed by atoms with van der Waals surface area (Å²) in [5, 5.41) is 9.86. The molecule has 0 aliphatic carbocycles. The summed E-state index contributed by atoms with van der Waals surface area (Å²) in [7, 11) is 3.14. The lowest BCUT2D eigenvalue weighted by atomic mass is 10.1. The average molecular weight is 444 g/mol. The lowest BCUT2D eigenvalue weighted by Gasteiger charge is -2.25. The monoisotopic (exact) mass is 443 g/mol. The molecule has 0 amide bonds. The highest BCUT2D eigenvalue weighted by molar-refractivity contribution is 7.99. The Bertz CT molecular complexity index is 1090. The normalized spacial score (nSPS) is 15.9. The van der Waals surface area contributed by atoms with Gasteiger partial charge in [0, 0.05) is 23.2 Å². The maximum atomic E-state index is 13.9. The zero-order chi connectivity index (χ0) is 22.0. The van der Waals surface area contributed by atoms with Crippen LogP contribution in [0.5, 0.6) is 17.2 Å². The molecule has 162 valence electrons. The summed E-state index contributed by atoms with van der Waals surface area (Å²) >= 11 is 1.62. The average Bonchev–Trinajstić information content (AvgIpc) is 2.96. The zero-order valence-corrected chi connectivity index (χ0v) is 18.1. The van der Waals surface area contributed by atoms with Gasteiger partial charge in [-0.25, -0.2) is 8.78 Å². The number of fused-ring (bicyclic) bond motifs is 1. The van der Waals surface area contributed by atoms with Gasteiger partial charge in [-0.2, -0.15) is 0 Å². The number of methoxy groups -OCH3 is 2. The van der Waals surface area contributed by atoms with Crippen LogP contribution in [-0.2, 0) is 6.54 Å². The summed E-state index contributed by atoms with van der Waals surface area (Å²) in [6.45, 7) is 1.33. The summed E-state index contributed by atoms with van der Waals surface area (Å²) in [6.07, 6.45) is 0.752. The summed E-state index contributed by atoms with van der Waals surface area (Å²) in [4.78, 5) is 3.25. The van der Waals surface area contributed by atoms with Crippen LogP contribution in [0.25, 0.3) is 0 Å². The molecule has 0 bridgehead atoms. The third kappa shape index (κ3) is 4.56. The molecule has 0 saturated carbocycles. The van der Waals surface area contributed by atoms with Crippen LogP contribution in [-0.4, -0.2) is 25.9 Å². The number of thioether (sulfide) groups is 1. The quantitative estimate of drug-likeness (QED) is 0.529. The molecule has 0 aromatic heterocycles. The first-order valence-electron chi connectivity index (χ1n) is 9.89. The highest BCUT2D eigenvalue weighted by atomic mass is 32.2. The Morgan fingerprint density at radius 3 is 2.58 bits per heavy atom. The Morgan fingerprint density at radius 1 is 1.00 bits per heavy atom. The maximum Gasteiger partial charge on any atom is 0.160 e. The van der Waals surface area contributed by atoms with E-state index in [2.05, 4.69) is 4.90 Å². The van der Waals surface area contributed by atoms with Crippen molar-refractivity contribution in [1.29, 1.82) is 0 Å². The van der Waals surface area contributed by atoms with Gasteiger partial charge in [0.05, 0.1) is 19.9 Å². The van der Waals surface area contributed by atoms with Gasteiger partial charge in [-0.05, 0) is 60.0 Å². The van der Waals surface area contributed by atoms with E-state index in [9.17, 15) is 13.9 Å². The van der Waals surface area contributed by atoms with E-state index in [1.165, 1.54) is 19.2 Å². The van der Waals surface area contributed by atoms with Crippen molar-refractivity contribution < 1.29 is 23.4 Å². The second-order valence-corrected chi connectivity index (χ2v) is 8.57. The number of phenols is 1. The third-order valence-corrected chi connectivity index (χ3v) is 6.74. The van der Waals surface area contributed by atoms with E-state index in [1.54, 1.807) is 31.0 Å². The van der Waals surface area contributed by atoms with Crippen molar-refractivity contribution >= 4 is 17.4 Å². The molecule has 1 aliphatic rings. The fraction of sp³-hybridized carbons (Fsp3) is 0.250. The molecule has 0 saturated heterocycles. The Labute approximate surface area is 184 Å². The molecular formula is C24H23F2NO3S. The van der Waals surface area contributed by atoms with Crippen molar-refractivity contribution in [1.82, 2.24) is 0 Å². The number of phenolic OH excluding ortho intramolecular Hbond substituents is 1. The molecule has 0 fully saturated rings. The molecule has 1 atom stereocenters. The van der Waals surface area contributed by atoms with Gasteiger partial charge < -0.3 is 19.5 Å². The molecule has 31 heavy (non-hydrogen) atoms. The topological polar surface area (TPSA) is 41.9 Å². The summed E-state index contributed by atoms with van der Waals surface area (Å²) in [5.41, 5.74) is 2.79. The standard InChI is InChI=1S/C24H23F2NO3S/c1-29-17-5-7-20-24(13-17)31-23(16-4-6-18(25)19(26)12-16)9-10-27(20)14-15-3-8-21(28)22(11-15)30-2/h3-8,11-13,23,28H,9-10,14H2,1-2H3. The SMILES string of the molecule is COc1ccc2c(c1)SC(c1ccc(F)c(F)c1)CCN2Cc1ccc(O)c(OC)c1. The van der Waals surface area contributed by atoms with E-state index in [1.807, 2.05) is 30.3 Å². The molecule has 3 aromatic carbocycles. The third-order valence-electron chi connectivity index (χ3n) is 5.37. The molecule has 1 unspecified atom stereocenters. The second kappa shape index (κ2) is 9.06. The van der Waals surface area contributed by atoms with Gasteiger partial charge in [0.15, 0.2) is 23.1 Å². The number of ether oxygens (including phenoxy) is 2. The maximum absolute atomic E-state index is 13.9. The predicted molar refractivity (Wildman–Crippen MR) is 118 cm³/mol. The molecule has 1 aliphatic heterocycles. The van der Waals surface area contributed by atoms with E-state index in [4.69, 9.17) is 9.47 Å². The van der Waals surface area contributed by atoms with Crippen LogP contribution in [0.2, 0.25) is 0 Å². The lowest BCUT2D eigenvalue weighted by molar-refractivity contribution is 0.373. The van der Waals surface area contributed by atoms with Gasteiger partial charge >= 0.3 is 0 Å². The zero-order valence-electron chi connectivity index (χ0n) is 17.3. The van der Waals surface area contributed by atoms with Gasteiger partial charge in [0.1, 0.15) is 5.75 Å². The van der Waals surface area contributed by atoms with Crippen LogP contribution in [0, 0.1) is 11.6 Å². The highest BCUT2D eigenvalue weighted by Gasteiger charge is 2.25. The number of benzene rings is 3. The van der Waals surface area contributed by atoms with Crippen molar-refractivity contribution in [3.05, 3.63) is 77.4 Å². The summed E-state index contributed by atoms with van der Waals surface area (Å²) in [5.74, 6) is -0.408. The van der Waals surface area contributed by atoms with Crippen molar-refractivity contribution in [2.24, 2.45) is 0 Å². The van der Waals surface area contributed by atoms with Crippen LogP contribution < -0.4 is 14.4 Å². The molecule has 0 radical (unpaired) electrons. The van der Waals surface area contributed by atoms with Gasteiger partial charge in [0.25, 0.3) is 0 Å². The van der Waals surface area contributed by atoms with Crippen molar-refractivity contribution in [3.63, 3.8) is 0 Å². The summed E-state index contributed by atoms with van der Waals surface area (Å²) in [6, 6.07) is 15.3. The Hall–Kier alpha value is -2.93. The van der Waals surface area contributed by atoms with Gasteiger partial charge in [-0.1, -0.05) is 12.1 Å². The van der Waals surface area contributed by atoms with Crippen molar-refractivity contribution in [2.45, 2.75) is 23.1 Å². The molecule has 4 nitrogen and oxygen atoms in total. The van der Waals surface area contributed by atoms with Crippen LogP contribution in [0.4, 0.5) is 14.5 Å². The number of hydrogen-bond donors (Lipinski definition) is 1. The fourth-order valence-corrected chi connectivity index (χ4v) is 5.05. The number of anilines is 1. The minimum Gasteiger partial charge on any atom is -0.504 e. The molecule has 0 spiro atoms. The van der Waals surface area contributed by atoms with Gasteiger partial charge in [-0.15, -0.1) is 11.8 Å². The lowest BCUT2D eigenvalue weighted by Crippen LogP contribution is -2.24. The number of nitrogens with zero attached hydrogens (tertiary/aromatic N) is 1. The molecule has 7 heteroatoms. The largest absolute Gasteiger partial charge is 0.504 e. The van der Waals surface area contributed by atoms with E-state index < -0.39 is 11.6 Å². The molecule has 4 rings (SSSR count). The fourth-order valence-electron chi connectivity index (χ4n) is 3.74. The Balaban J connectivity index is 1.68. The predicted octanol–water partition coefficient (Wildman–Crippen LogP) is 5.93. The summed E-state index contributed by atoms with van der Waals surface area (Å²) < 4.78 is 38.0. The molecule has 1 heterocycles. The van der Waals surface area contributed by atoms with Crippen LogP contribution in [0.1, 0.15) is 22.8 Å². The Kier molecular flexibility index (Phi) is 6.23. The number of hydrogen-bond acceptors (Lipinski definition) is 5. The number of halogens is 2. The number of rotatable bonds is 5. The van der Waals surface area contributed by atoms with Gasteiger partial charge in [0.2, 0.25) is 0 Å². The van der Waals surface area contributed by atoms with Crippen LogP contribution >= 0.6 is 11.8 Å². The number of aromatic hydroxyl groups is 1.